The minimum atomic E-state index is 0.793. The Labute approximate surface area is 122 Å². The highest BCUT2D eigenvalue weighted by Gasteiger charge is 2.12. The topological polar surface area (TPSA) is 41.1 Å². The van der Waals surface area contributed by atoms with Crippen LogP contribution in [0.25, 0.3) is 0 Å². The van der Waals surface area contributed by atoms with Crippen LogP contribution in [0.2, 0.25) is 0 Å². The van der Waals surface area contributed by atoms with Crippen molar-refractivity contribution in [2.75, 3.05) is 24.3 Å². The summed E-state index contributed by atoms with van der Waals surface area (Å²) in [7, 11) is 3.87. The molecule has 4 nitrogen and oxygen atoms in total. The van der Waals surface area contributed by atoms with Crippen molar-refractivity contribution in [1.82, 2.24) is 9.97 Å². The minimum absolute atomic E-state index is 0.793. The first-order chi connectivity index (χ1) is 9.11. The highest BCUT2D eigenvalue weighted by molar-refractivity contribution is 9.10. The molecule has 100 valence electrons. The fourth-order valence-electron chi connectivity index (χ4n) is 1.96. The number of nitrogens with one attached hydrogen (secondary N) is 1. The van der Waals surface area contributed by atoms with Crippen LogP contribution in [0.4, 0.5) is 11.6 Å². The molecule has 2 aromatic rings. The molecule has 0 atom stereocenters. The first-order valence-corrected chi connectivity index (χ1v) is 6.86. The van der Waals surface area contributed by atoms with Crippen LogP contribution >= 0.6 is 15.9 Å². The average Bonchev–Trinajstić information content (AvgIpc) is 2.39. The van der Waals surface area contributed by atoms with Crippen molar-refractivity contribution in [3.05, 3.63) is 46.2 Å². The Kier molecular flexibility index (Phi) is 4.37. The summed E-state index contributed by atoms with van der Waals surface area (Å²) in [6.45, 7) is 2.91. The van der Waals surface area contributed by atoms with Crippen LogP contribution in [0.1, 0.15) is 11.1 Å². The lowest BCUT2D eigenvalue weighted by molar-refractivity contribution is 0.885. The van der Waals surface area contributed by atoms with E-state index < -0.39 is 0 Å². The predicted molar refractivity (Wildman–Crippen MR) is 82.6 cm³/mol. The number of benzene rings is 1. The molecule has 1 N–H and O–H groups in total. The number of rotatable bonds is 4. The largest absolute Gasteiger partial charge is 0.372 e. The van der Waals surface area contributed by atoms with Crippen molar-refractivity contribution in [1.29, 1.82) is 0 Å². The second-order valence-corrected chi connectivity index (χ2v) is 5.25. The monoisotopic (exact) mass is 320 g/mol. The summed E-state index contributed by atoms with van der Waals surface area (Å²) in [4.78, 5) is 10.6. The molecule has 0 fully saturated rings. The summed E-state index contributed by atoms with van der Waals surface area (Å²) < 4.78 is 0.882. The Hall–Kier alpha value is -1.62. The molecule has 0 amide bonds. The van der Waals surface area contributed by atoms with Gasteiger partial charge in [0.25, 0.3) is 0 Å². The summed E-state index contributed by atoms with van der Waals surface area (Å²) in [6, 6.07) is 8.48. The minimum Gasteiger partial charge on any atom is -0.372 e. The normalized spacial score (nSPS) is 10.3. The molecule has 1 aromatic carbocycles. The zero-order valence-electron chi connectivity index (χ0n) is 11.3. The third kappa shape index (κ3) is 3.23. The Morgan fingerprint density at radius 3 is 2.79 bits per heavy atom. The van der Waals surface area contributed by atoms with E-state index in [1.807, 2.05) is 14.1 Å². The lowest BCUT2D eigenvalue weighted by Gasteiger charge is -2.20. The molecule has 0 saturated carbocycles. The molecule has 0 saturated heterocycles. The summed E-state index contributed by atoms with van der Waals surface area (Å²) in [5.74, 6) is 1.67. The zero-order valence-corrected chi connectivity index (χ0v) is 12.9. The number of aryl methyl sites for hydroxylation is 1. The van der Waals surface area contributed by atoms with Gasteiger partial charge in [-0.2, -0.15) is 0 Å². The molecule has 0 bridgehead atoms. The SMILES string of the molecule is CNc1ncnc(N(C)Cc2cccc(C)c2)c1Br. The third-order valence-electron chi connectivity index (χ3n) is 2.87. The highest BCUT2D eigenvalue weighted by Crippen LogP contribution is 2.29. The summed E-state index contributed by atoms with van der Waals surface area (Å²) in [5.41, 5.74) is 2.53. The van der Waals surface area contributed by atoms with Crippen molar-refractivity contribution in [3.63, 3.8) is 0 Å². The van der Waals surface area contributed by atoms with Crippen molar-refractivity contribution >= 4 is 27.6 Å². The molecule has 0 unspecified atom stereocenters. The number of halogens is 1. The molecule has 0 aliphatic carbocycles. The van der Waals surface area contributed by atoms with Gasteiger partial charge in [0.2, 0.25) is 0 Å². The van der Waals surface area contributed by atoms with Gasteiger partial charge in [-0.1, -0.05) is 29.8 Å². The van der Waals surface area contributed by atoms with Crippen molar-refractivity contribution in [3.8, 4) is 0 Å². The second-order valence-electron chi connectivity index (χ2n) is 4.45. The fourth-order valence-corrected chi connectivity index (χ4v) is 2.67. The molecule has 1 heterocycles. The summed E-state index contributed by atoms with van der Waals surface area (Å²) >= 11 is 3.54. The van der Waals surface area contributed by atoms with Gasteiger partial charge in [-0.15, -0.1) is 0 Å². The van der Waals surface area contributed by atoms with E-state index in [0.717, 1.165) is 22.7 Å². The van der Waals surface area contributed by atoms with Crippen LogP contribution in [0, 0.1) is 6.92 Å². The van der Waals surface area contributed by atoms with E-state index in [2.05, 4.69) is 67.3 Å². The van der Waals surface area contributed by atoms with Crippen LogP contribution in [0.3, 0.4) is 0 Å². The highest BCUT2D eigenvalue weighted by atomic mass is 79.9. The van der Waals surface area contributed by atoms with Gasteiger partial charge in [0.1, 0.15) is 22.4 Å². The van der Waals surface area contributed by atoms with E-state index in [0.29, 0.717) is 0 Å². The maximum atomic E-state index is 4.33. The number of hydrogen-bond acceptors (Lipinski definition) is 4. The Balaban J connectivity index is 2.23. The second kappa shape index (κ2) is 6.02. The predicted octanol–water partition coefficient (Wildman–Crippen LogP) is 3.23. The lowest BCUT2D eigenvalue weighted by atomic mass is 10.1. The molecular formula is C14H17BrN4. The molecule has 0 radical (unpaired) electrons. The van der Waals surface area contributed by atoms with Crippen molar-refractivity contribution in [2.45, 2.75) is 13.5 Å². The van der Waals surface area contributed by atoms with E-state index in [1.165, 1.54) is 11.1 Å². The Morgan fingerprint density at radius 1 is 1.32 bits per heavy atom. The van der Waals surface area contributed by atoms with Gasteiger partial charge < -0.3 is 10.2 Å². The van der Waals surface area contributed by atoms with Crippen LogP contribution < -0.4 is 10.2 Å². The lowest BCUT2D eigenvalue weighted by Crippen LogP contribution is -2.19. The van der Waals surface area contributed by atoms with Gasteiger partial charge >= 0.3 is 0 Å². The van der Waals surface area contributed by atoms with Gasteiger partial charge in [-0.05, 0) is 28.4 Å². The number of anilines is 2. The molecular weight excluding hydrogens is 304 g/mol. The zero-order chi connectivity index (χ0) is 13.8. The van der Waals surface area contributed by atoms with Gasteiger partial charge in [0.15, 0.2) is 0 Å². The van der Waals surface area contributed by atoms with E-state index in [9.17, 15) is 0 Å². The van der Waals surface area contributed by atoms with Crippen molar-refractivity contribution in [2.24, 2.45) is 0 Å². The first kappa shape index (κ1) is 13.8. The van der Waals surface area contributed by atoms with Gasteiger partial charge in [0, 0.05) is 20.6 Å². The van der Waals surface area contributed by atoms with Crippen LogP contribution in [-0.4, -0.2) is 24.1 Å². The Bertz CT molecular complexity index is 571. The molecule has 19 heavy (non-hydrogen) atoms. The van der Waals surface area contributed by atoms with E-state index in [-0.39, 0.29) is 0 Å². The first-order valence-electron chi connectivity index (χ1n) is 6.06. The molecule has 0 spiro atoms. The summed E-state index contributed by atoms with van der Waals surface area (Å²) in [5, 5.41) is 3.04. The van der Waals surface area contributed by atoms with Crippen molar-refractivity contribution < 1.29 is 0 Å². The molecule has 1 aromatic heterocycles. The molecule has 0 aliphatic heterocycles. The van der Waals surface area contributed by atoms with E-state index in [4.69, 9.17) is 0 Å². The molecule has 5 heteroatoms. The van der Waals surface area contributed by atoms with Crippen LogP contribution in [-0.2, 0) is 6.54 Å². The van der Waals surface area contributed by atoms with Crippen LogP contribution in [0.15, 0.2) is 35.1 Å². The smallest absolute Gasteiger partial charge is 0.148 e. The number of aromatic nitrogens is 2. The fraction of sp³-hybridized carbons (Fsp3) is 0.286. The van der Waals surface area contributed by atoms with E-state index in [1.54, 1.807) is 6.33 Å². The molecule has 2 rings (SSSR count). The van der Waals surface area contributed by atoms with Gasteiger partial charge in [-0.3, -0.25) is 0 Å². The van der Waals surface area contributed by atoms with Crippen LogP contribution in [0.5, 0.6) is 0 Å². The maximum absolute atomic E-state index is 4.33. The van der Waals surface area contributed by atoms with E-state index >= 15 is 0 Å². The quantitative estimate of drug-likeness (QED) is 0.939. The molecule has 0 aliphatic rings. The standard InChI is InChI=1S/C14H17BrN4/c1-10-5-4-6-11(7-10)8-19(3)14-12(15)13(16-2)17-9-18-14/h4-7,9H,8H2,1-3H3,(H,16,17,18). The Morgan fingerprint density at radius 2 is 2.11 bits per heavy atom. The third-order valence-corrected chi connectivity index (χ3v) is 3.60. The number of hydrogen-bond donors (Lipinski definition) is 1. The maximum Gasteiger partial charge on any atom is 0.148 e. The number of nitrogens with zero attached hydrogens (tertiary/aromatic N) is 3. The van der Waals surface area contributed by atoms with Gasteiger partial charge in [0.05, 0.1) is 0 Å². The van der Waals surface area contributed by atoms with Gasteiger partial charge in [-0.25, -0.2) is 9.97 Å². The average molecular weight is 321 g/mol. The summed E-state index contributed by atoms with van der Waals surface area (Å²) in [6.07, 6.45) is 1.57.